The van der Waals surface area contributed by atoms with Crippen LogP contribution in [-0.4, -0.2) is 38.4 Å². The minimum atomic E-state index is -0.190. The third-order valence-electron chi connectivity index (χ3n) is 4.49. The first-order valence-electron chi connectivity index (χ1n) is 7.24. The highest BCUT2D eigenvalue weighted by molar-refractivity contribution is 5.85. The number of pyridine rings is 1. The van der Waals surface area contributed by atoms with Gasteiger partial charge in [0.2, 0.25) is 0 Å². The van der Waals surface area contributed by atoms with E-state index in [1.165, 1.54) is 0 Å². The maximum atomic E-state index is 8.87. The number of nitrogens with two attached hydrogens (primary N) is 1. The summed E-state index contributed by atoms with van der Waals surface area (Å²) in [6.45, 7) is 4.76. The van der Waals surface area contributed by atoms with Crippen LogP contribution < -0.4 is 5.73 Å². The van der Waals surface area contributed by atoms with E-state index in [4.69, 9.17) is 10.9 Å². The number of fused-ring (bicyclic) bond motifs is 1. The van der Waals surface area contributed by atoms with Crippen molar-refractivity contribution in [3.63, 3.8) is 0 Å². The molecule has 112 valence electrons. The van der Waals surface area contributed by atoms with E-state index in [0.29, 0.717) is 5.84 Å². The number of hydrogen-bond donors (Lipinski definition) is 2. The van der Waals surface area contributed by atoms with Gasteiger partial charge in [-0.3, -0.25) is 4.90 Å². The second kappa shape index (κ2) is 5.37. The SMILES string of the molecule is CC1(/C(N)=N/O)CCN(Cc2cn3ccccc3n2)CC1. The summed E-state index contributed by atoms with van der Waals surface area (Å²) in [7, 11) is 0. The molecule has 0 bridgehead atoms. The highest BCUT2D eigenvalue weighted by atomic mass is 16.4. The fourth-order valence-electron chi connectivity index (χ4n) is 2.87. The fourth-order valence-corrected chi connectivity index (χ4v) is 2.87. The van der Waals surface area contributed by atoms with E-state index in [1.54, 1.807) is 0 Å². The van der Waals surface area contributed by atoms with Gasteiger partial charge in [-0.25, -0.2) is 4.98 Å². The molecule has 21 heavy (non-hydrogen) atoms. The Balaban J connectivity index is 1.65. The molecule has 2 aromatic rings. The number of likely N-dealkylation sites (tertiary alicyclic amines) is 1. The number of imidazole rings is 1. The maximum Gasteiger partial charge on any atom is 0.145 e. The van der Waals surface area contributed by atoms with Crippen LogP contribution in [0, 0.1) is 5.41 Å². The average molecular weight is 287 g/mol. The number of rotatable bonds is 3. The van der Waals surface area contributed by atoms with Gasteiger partial charge in [0.05, 0.1) is 5.69 Å². The first-order valence-corrected chi connectivity index (χ1v) is 7.24. The molecule has 0 atom stereocenters. The molecule has 0 spiro atoms. The van der Waals surface area contributed by atoms with Crippen molar-refractivity contribution in [3.05, 3.63) is 36.3 Å². The molecular formula is C15H21N5O. The lowest BCUT2D eigenvalue weighted by Gasteiger charge is -2.38. The summed E-state index contributed by atoms with van der Waals surface area (Å²) in [6.07, 6.45) is 5.89. The largest absolute Gasteiger partial charge is 0.409 e. The van der Waals surface area contributed by atoms with E-state index in [0.717, 1.165) is 43.8 Å². The van der Waals surface area contributed by atoms with Gasteiger partial charge in [-0.1, -0.05) is 18.1 Å². The van der Waals surface area contributed by atoms with E-state index in [1.807, 2.05) is 28.8 Å². The van der Waals surface area contributed by atoms with E-state index in [9.17, 15) is 0 Å². The zero-order chi connectivity index (χ0) is 14.9. The maximum absolute atomic E-state index is 8.87. The van der Waals surface area contributed by atoms with Gasteiger partial charge in [-0.2, -0.15) is 0 Å². The highest BCUT2D eigenvalue weighted by Gasteiger charge is 2.34. The normalized spacial score (nSPS) is 20.0. The van der Waals surface area contributed by atoms with Crippen LogP contribution in [0.2, 0.25) is 0 Å². The molecule has 0 aliphatic carbocycles. The van der Waals surface area contributed by atoms with Crippen LogP contribution in [0.4, 0.5) is 0 Å². The molecule has 0 aromatic carbocycles. The second-order valence-electron chi connectivity index (χ2n) is 6.02. The molecule has 0 saturated carbocycles. The fraction of sp³-hybridized carbons (Fsp3) is 0.467. The third-order valence-corrected chi connectivity index (χ3v) is 4.49. The lowest BCUT2D eigenvalue weighted by Crippen LogP contribution is -2.45. The molecule has 6 nitrogen and oxygen atoms in total. The van der Waals surface area contributed by atoms with Gasteiger partial charge in [0.25, 0.3) is 0 Å². The molecule has 1 aliphatic rings. The highest BCUT2D eigenvalue weighted by Crippen LogP contribution is 2.31. The number of nitrogens with zero attached hydrogens (tertiary/aromatic N) is 4. The molecule has 6 heteroatoms. The summed E-state index contributed by atoms with van der Waals surface area (Å²) in [5.74, 6) is 0.342. The number of amidine groups is 1. The minimum absolute atomic E-state index is 0.190. The van der Waals surface area contributed by atoms with Crippen molar-refractivity contribution in [1.29, 1.82) is 0 Å². The lowest BCUT2D eigenvalue weighted by molar-refractivity contribution is 0.151. The van der Waals surface area contributed by atoms with Crippen LogP contribution >= 0.6 is 0 Å². The Kier molecular flexibility index (Phi) is 3.55. The molecule has 1 saturated heterocycles. The van der Waals surface area contributed by atoms with Gasteiger partial charge in [0.1, 0.15) is 11.5 Å². The molecule has 3 rings (SSSR count). The molecule has 0 amide bonds. The summed E-state index contributed by atoms with van der Waals surface area (Å²) in [4.78, 5) is 7.00. The van der Waals surface area contributed by atoms with Crippen molar-refractivity contribution in [2.24, 2.45) is 16.3 Å². The predicted molar refractivity (Wildman–Crippen MR) is 81.2 cm³/mol. The summed E-state index contributed by atoms with van der Waals surface area (Å²) in [5, 5.41) is 12.1. The van der Waals surface area contributed by atoms with Crippen LogP contribution in [0.1, 0.15) is 25.5 Å². The quantitative estimate of drug-likeness (QED) is 0.389. The Morgan fingerprint density at radius 3 is 2.86 bits per heavy atom. The molecule has 2 aromatic heterocycles. The van der Waals surface area contributed by atoms with Gasteiger partial charge in [0, 0.05) is 24.4 Å². The van der Waals surface area contributed by atoms with Crippen LogP contribution in [-0.2, 0) is 6.54 Å². The summed E-state index contributed by atoms with van der Waals surface area (Å²) in [6, 6.07) is 6.01. The molecule has 0 radical (unpaired) electrons. The summed E-state index contributed by atoms with van der Waals surface area (Å²) < 4.78 is 2.04. The predicted octanol–water partition coefficient (Wildman–Crippen LogP) is 1.68. The number of aromatic nitrogens is 2. The van der Waals surface area contributed by atoms with Crippen molar-refractivity contribution in [3.8, 4) is 0 Å². The Morgan fingerprint density at radius 2 is 2.19 bits per heavy atom. The third kappa shape index (κ3) is 2.71. The first-order chi connectivity index (χ1) is 10.1. The van der Waals surface area contributed by atoms with Crippen molar-refractivity contribution in [2.45, 2.75) is 26.3 Å². The lowest BCUT2D eigenvalue weighted by atomic mass is 9.79. The molecule has 3 N–H and O–H groups in total. The summed E-state index contributed by atoms with van der Waals surface area (Å²) in [5.41, 5.74) is 7.66. The van der Waals surface area contributed by atoms with E-state index < -0.39 is 0 Å². The summed E-state index contributed by atoms with van der Waals surface area (Å²) >= 11 is 0. The number of oxime groups is 1. The zero-order valence-corrected chi connectivity index (χ0v) is 12.2. The van der Waals surface area contributed by atoms with Gasteiger partial charge >= 0.3 is 0 Å². The smallest absolute Gasteiger partial charge is 0.145 e. The van der Waals surface area contributed by atoms with Gasteiger partial charge in [0.15, 0.2) is 0 Å². The number of piperidine rings is 1. The Labute approximate surface area is 123 Å². The Bertz CT molecular complexity index is 622. The Hall–Kier alpha value is -2.08. The topological polar surface area (TPSA) is 79.2 Å². The van der Waals surface area contributed by atoms with Crippen molar-refractivity contribution < 1.29 is 5.21 Å². The Morgan fingerprint density at radius 1 is 1.43 bits per heavy atom. The van der Waals surface area contributed by atoms with Crippen molar-refractivity contribution in [2.75, 3.05) is 13.1 Å². The molecule has 1 fully saturated rings. The minimum Gasteiger partial charge on any atom is -0.409 e. The second-order valence-corrected chi connectivity index (χ2v) is 6.02. The van der Waals surface area contributed by atoms with Crippen LogP contribution in [0.5, 0.6) is 0 Å². The van der Waals surface area contributed by atoms with Crippen LogP contribution in [0.3, 0.4) is 0 Å². The monoisotopic (exact) mass is 287 g/mol. The van der Waals surface area contributed by atoms with E-state index >= 15 is 0 Å². The van der Waals surface area contributed by atoms with Crippen LogP contribution in [0.25, 0.3) is 5.65 Å². The van der Waals surface area contributed by atoms with E-state index in [-0.39, 0.29) is 5.41 Å². The molecule has 3 heterocycles. The standard InChI is InChI=1S/C15H21N5O/c1-15(14(16)18-21)5-8-19(9-6-15)10-12-11-20-7-3-2-4-13(20)17-12/h2-4,7,11,21H,5-6,8-10H2,1H3,(H2,16,18). The van der Waals surface area contributed by atoms with Crippen molar-refractivity contribution >= 4 is 11.5 Å². The van der Waals surface area contributed by atoms with Gasteiger partial charge in [-0.15, -0.1) is 0 Å². The van der Waals surface area contributed by atoms with E-state index in [2.05, 4.69) is 28.2 Å². The molecule has 0 unspecified atom stereocenters. The first kappa shape index (κ1) is 13.9. The average Bonchev–Trinajstić information content (AvgIpc) is 2.91. The van der Waals surface area contributed by atoms with Gasteiger partial charge < -0.3 is 15.3 Å². The van der Waals surface area contributed by atoms with Gasteiger partial charge in [-0.05, 0) is 38.1 Å². The zero-order valence-electron chi connectivity index (χ0n) is 12.2. The van der Waals surface area contributed by atoms with Crippen LogP contribution in [0.15, 0.2) is 35.7 Å². The molecular weight excluding hydrogens is 266 g/mol. The van der Waals surface area contributed by atoms with Crippen molar-refractivity contribution in [1.82, 2.24) is 14.3 Å². The molecule has 1 aliphatic heterocycles. The number of hydrogen-bond acceptors (Lipinski definition) is 4.